The molecule has 0 bridgehead atoms. The van der Waals surface area contributed by atoms with Gasteiger partial charge >= 0.3 is 0 Å². The molecule has 3 heterocycles. The number of halogens is 2. The van der Waals surface area contributed by atoms with Crippen molar-refractivity contribution in [2.24, 2.45) is 10.9 Å². The van der Waals surface area contributed by atoms with Gasteiger partial charge in [-0.25, -0.2) is 17.2 Å². The van der Waals surface area contributed by atoms with E-state index in [2.05, 4.69) is 17.2 Å². The van der Waals surface area contributed by atoms with E-state index in [1.807, 2.05) is 0 Å². The summed E-state index contributed by atoms with van der Waals surface area (Å²) in [5.41, 5.74) is 4.13. The third-order valence-electron chi connectivity index (χ3n) is 7.64. The summed E-state index contributed by atoms with van der Waals surface area (Å²) >= 11 is 0. The van der Waals surface area contributed by atoms with Crippen LogP contribution >= 0.6 is 0 Å². The van der Waals surface area contributed by atoms with Gasteiger partial charge in [-0.3, -0.25) is 4.99 Å². The number of ether oxygens (including phenoxy) is 3. The number of benzene rings is 2. The number of hydrogen-bond donors (Lipinski definition) is 1. The number of nitrogens with zero attached hydrogens (tertiary/aromatic N) is 1. The number of fused-ring (bicyclic) bond motifs is 1. The van der Waals surface area contributed by atoms with E-state index in [0.717, 1.165) is 47.1 Å². The molecule has 0 radical (unpaired) electrons. The maximum absolute atomic E-state index is 13.9. The Morgan fingerprint density at radius 2 is 1.90 bits per heavy atom. The first-order chi connectivity index (χ1) is 18.7. The Labute approximate surface area is 225 Å². The summed E-state index contributed by atoms with van der Waals surface area (Å²) in [6.07, 6.45) is 6.61. The van der Waals surface area contributed by atoms with Crippen molar-refractivity contribution in [3.8, 4) is 5.75 Å². The minimum atomic E-state index is -3.95. The first-order valence-electron chi connectivity index (χ1n) is 12.5. The first kappa shape index (κ1) is 25.4. The van der Waals surface area contributed by atoms with Crippen molar-refractivity contribution in [3.05, 3.63) is 93.4 Å². The van der Waals surface area contributed by atoms with Gasteiger partial charge in [-0.05, 0) is 48.1 Å². The standard InChI is InChI=1S/C29H26F2N2O5S/c1-15-4-8-24-27-19(13-38-24)25(37-3)12-32-11-18(26(15)27)17-6-9-23(36-2)28-22(14-39(34,35)29(17)28)33-16-5-7-20(30)21(31)10-16/h5-7,9-15,18,24,33H,4,8H2,1-3H3/b25-12+,32-11?. The highest BCUT2D eigenvalue weighted by Crippen LogP contribution is 2.51. The molecule has 4 aliphatic rings. The maximum atomic E-state index is 13.9. The van der Waals surface area contributed by atoms with Crippen molar-refractivity contribution >= 4 is 27.4 Å². The van der Waals surface area contributed by atoms with Crippen molar-refractivity contribution in [2.45, 2.75) is 36.7 Å². The minimum Gasteiger partial charge on any atom is -0.496 e. The zero-order valence-corrected chi connectivity index (χ0v) is 22.3. The molecule has 0 spiro atoms. The lowest BCUT2D eigenvalue weighted by atomic mass is 9.72. The Morgan fingerprint density at radius 1 is 1.08 bits per heavy atom. The molecule has 2 aromatic carbocycles. The summed E-state index contributed by atoms with van der Waals surface area (Å²) < 4.78 is 72.0. The van der Waals surface area contributed by atoms with E-state index < -0.39 is 27.4 Å². The van der Waals surface area contributed by atoms with Gasteiger partial charge in [0.2, 0.25) is 9.84 Å². The lowest BCUT2D eigenvalue weighted by Gasteiger charge is -2.34. The van der Waals surface area contributed by atoms with Gasteiger partial charge in [-0.2, -0.15) is 0 Å². The molecule has 0 saturated carbocycles. The Balaban J connectivity index is 1.55. The predicted octanol–water partition coefficient (Wildman–Crippen LogP) is 5.84. The number of rotatable bonds is 5. The predicted molar refractivity (Wildman–Crippen MR) is 143 cm³/mol. The second kappa shape index (κ2) is 9.37. The number of aliphatic imine (C=N–C) groups is 1. The fraction of sp³-hybridized carbons (Fsp3) is 0.276. The van der Waals surface area contributed by atoms with Crippen LogP contribution in [0.4, 0.5) is 14.5 Å². The monoisotopic (exact) mass is 552 g/mol. The van der Waals surface area contributed by atoms with Crippen LogP contribution in [0.5, 0.6) is 5.75 Å². The second-order valence-corrected chi connectivity index (χ2v) is 11.6. The molecule has 0 amide bonds. The molecule has 39 heavy (non-hydrogen) atoms. The van der Waals surface area contributed by atoms with E-state index in [-0.39, 0.29) is 28.3 Å². The first-order valence-corrected chi connectivity index (χ1v) is 14.1. The molecular formula is C29H26F2N2O5S. The lowest BCUT2D eigenvalue weighted by Crippen LogP contribution is -2.27. The average Bonchev–Trinajstić information content (AvgIpc) is 3.44. The van der Waals surface area contributed by atoms with Gasteiger partial charge in [-0.15, -0.1) is 0 Å². The molecular weight excluding hydrogens is 526 g/mol. The van der Waals surface area contributed by atoms with Crippen LogP contribution in [0, 0.1) is 17.6 Å². The third-order valence-corrected chi connectivity index (χ3v) is 9.20. The van der Waals surface area contributed by atoms with Gasteiger partial charge in [0.1, 0.15) is 17.6 Å². The lowest BCUT2D eigenvalue weighted by molar-refractivity contribution is 0.170. The van der Waals surface area contributed by atoms with E-state index in [1.54, 1.807) is 37.9 Å². The number of sulfone groups is 1. The van der Waals surface area contributed by atoms with Crippen molar-refractivity contribution in [3.63, 3.8) is 0 Å². The number of allylic oxidation sites excluding steroid dienone is 2. The maximum Gasteiger partial charge on any atom is 0.202 e. The molecule has 202 valence electrons. The van der Waals surface area contributed by atoms with Crippen LogP contribution in [0.25, 0.3) is 5.70 Å². The molecule has 2 aromatic rings. The summed E-state index contributed by atoms with van der Waals surface area (Å²) in [7, 11) is -0.917. The quantitative estimate of drug-likeness (QED) is 0.502. The van der Waals surface area contributed by atoms with Gasteiger partial charge in [0, 0.05) is 29.5 Å². The molecule has 3 aliphatic heterocycles. The van der Waals surface area contributed by atoms with Crippen molar-refractivity contribution < 1.29 is 31.4 Å². The van der Waals surface area contributed by atoms with E-state index >= 15 is 0 Å². The number of methoxy groups -OCH3 is 2. The van der Waals surface area contributed by atoms with Gasteiger partial charge < -0.3 is 19.5 Å². The topological polar surface area (TPSA) is 86.2 Å². The van der Waals surface area contributed by atoms with Crippen LogP contribution in [0.2, 0.25) is 0 Å². The molecule has 3 atom stereocenters. The van der Waals surface area contributed by atoms with Crippen LogP contribution in [-0.4, -0.2) is 35.0 Å². The number of anilines is 1. The highest BCUT2D eigenvalue weighted by Gasteiger charge is 2.42. The Morgan fingerprint density at radius 3 is 2.64 bits per heavy atom. The van der Waals surface area contributed by atoms with Crippen molar-refractivity contribution in [2.75, 3.05) is 19.5 Å². The normalized spacial score (nSPS) is 25.8. The fourth-order valence-electron chi connectivity index (χ4n) is 5.90. The molecule has 3 unspecified atom stereocenters. The molecule has 7 nitrogen and oxygen atoms in total. The SMILES string of the molecule is CO/C1=C/N=CC(c2ccc(OC)c3c2S(=O)(=O)C=C3Nc2ccc(F)c(F)c2)C2=C3C1=COC3CCC2C. The number of nitrogens with one attached hydrogen (secondary N) is 1. The highest BCUT2D eigenvalue weighted by atomic mass is 32.2. The zero-order valence-electron chi connectivity index (χ0n) is 21.5. The Bertz CT molecular complexity index is 1660. The van der Waals surface area contributed by atoms with Crippen molar-refractivity contribution in [1.82, 2.24) is 0 Å². The molecule has 6 rings (SSSR count). The summed E-state index contributed by atoms with van der Waals surface area (Å²) in [6.45, 7) is 2.12. The van der Waals surface area contributed by atoms with Crippen LogP contribution in [0.15, 0.2) is 80.6 Å². The number of hydrogen-bond acceptors (Lipinski definition) is 7. The molecule has 0 fully saturated rings. The molecule has 0 aromatic heterocycles. The van der Waals surface area contributed by atoms with Crippen LogP contribution in [-0.2, 0) is 19.3 Å². The molecule has 1 aliphatic carbocycles. The smallest absolute Gasteiger partial charge is 0.202 e. The average molecular weight is 553 g/mol. The van der Waals surface area contributed by atoms with E-state index in [0.29, 0.717) is 22.6 Å². The molecule has 1 N–H and O–H groups in total. The van der Waals surface area contributed by atoms with Gasteiger partial charge in [0.05, 0.1) is 53.8 Å². The van der Waals surface area contributed by atoms with Gasteiger partial charge in [0.15, 0.2) is 11.6 Å². The summed E-state index contributed by atoms with van der Waals surface area (Å²) in [6, 6.07) is 6.77. The van der Waals surface area contributed by atoms with Crippen molar-refractivity contribution in [1.29, 1.82) is 0 Å². The molecule has 10 heteroatoms. The van der Waals surface area contributed by atoms with Gasteiger partial charge in [-0.1, -0.05) is 13.0 Å². The van der Waals surface area contributed by atoms with Crippen LogP contribution < -0.4 is 10.1 Å². The van der Waals surface area contributed by atoms with E-state index in [4.69, 9.17) is 14.2 Å². The van der Waals surface area contributed by atoms with Crippen LogP contribution in [0.3, 0.4) is 0 Å². The van der Waals surface area contributed by atoms with Crippen LogP contribution in [0.1, 0.15) is 36.8 Å². The fourth-order valence-corrected chi connectivity index (χ4v) is 7.53. The second-order valence-electron chi connectivity index (χ2n) is 9.87. The molecule has 0 saturated heterocycles. The third kappa shape index (κ3) is 4.05. The largest absolute Gasteiger partial charge is 0.496 e. The van der Waals surface area contributed by atoms with E-state index in [9.17, 15) is 17.2 Å². The van der Waals surface area contributed by atoms with Gasteiger partial charge in [0.25, 0.3) is 0 Å². The summed E-state index contributed by atoms with van der Waals surface area (Å²) in [4.78, 5) is 4.61. The summed E-state index contributed by atoms with van der Waals surface area (Å²) in [5, 5.41) is 4.05. The van der Waals surface area contributed by atoms with E-state index in [1.165, 1.54) is 13.2 Å². The highest BCUT2D eigenvalue weighted by molar-refractivity contribution is 7.95. The Hall–Kier alpha value is -3.92. The summed E-state index contributed by atoms with van der Waals surface area (Å²) in [5.74, 6) is -1.47. The zero-order chi connectivity index (χ0) is 27.5. The Kier molecular flexibility index (Phi) is 6.10. The minimum absolute atomic E-state index is 0.0896.